The second kappa shape index (κ2) is 8.41. The molecule has 1 atom stereocenters. The molecule has 0 bridgehead atoms. The quantitative estimate of drug-likeness (QED) is 0.310. The largest absolute Gasteiger partial charge is 0.352 e. The summed E-state index contributed by atoms with van der Waals surface area (Å²) in [4.78, 5) is 7.17. The van der Waals surface area contributed by atoms with Crippen LogP contribution in [0.5, 0.6) is 0 Å². The zero-order chi connectivity index (χ0) is 23.2. The summed E-state index contributed by atoms with van der Waals surface area (Å²) in [7, 11) is -2.13. The topological polar surface area (TPSA) is 146 Å². The van der Waals surface area contributed by atoms with Crippen molar-refractivity contribution in [1.29, 1.82) is 0 Å². The Balaban J connectivity index is 1.63. The number of rotatable bonds is 7. The third kappa shape index (κ3) is 3.86. The van der Waals surface area contributed by atoms with Gasteiger partial charge in [0.2, 0.25) is 10.0 Å². The van der Waals surface area contributed by atoms with E-state index in [2.05, 4.69) is 30.2 Å². The first-order valence-electron chi connectivity index (χ1n) is 10.6. The van der Waals surface area contributed by atoms with Gasteiger partial charge in [-0.15, -0.1) is 11.3 Å². The zero-order valence-electron chi connectivity index (χ0n) is 18.2. The lowest BCUT2D eigenvalue weighted by Crippen LogP contribution is -2.36. The van der Waals surface area contributed by atoms with Crippen LogP contribution < -0.4 is 20.7 Å². The van der Waals surface area contributed by atoms with E-state index in [1.165, 1.54) is 18.4 Å². The highest BCUT2D eigenvalue weighted by Crippen LogP contribution is 2.35. The summed E-state index contributed by atoms with van der Waals surface area (Å²) in [6.07, 6.45) is 7.36. The SMILES string of the molecule is CNS(=O)(=O)c1sc(Nc2cc(N3CCCC3CN)nc3c(-c4cn[nH]c4)cnn23)cc1C. The zero-order valence-corrected chi connectivity index (χ0v) is 19.9. The van der Waals surface area contributed by atoms with Gasteiger partial charge in [0.1, 0.15) is 15.8 Å². The molecule has 4 aromatic heterocycles. The van der Waals surface area contributed by atoms with Crippen molar-refractivity contribution in [2.24, 2.45) is 5.73 Å². The first-order valence-corrected chi connectivity index (χ1v) is 12.9. The minimum Gasteiger partial charge on any atom is -0.352 e. The van der Waals surface area contributed by atoms with E-state index in [1.54, 1.807) is 30.0 Å². The number of sulfonamides is 1. The van der Waals surface area contributed by atoms with E-state index in [4.69, 9.17) is 10.7 Å². The van der Waals surface area contributed by atoms with Crippen molar-refractivity contribution in [1.82, 2.24) is 29.5 Å². The average molecular weight is 488 g/mol. The fraction of sp³-hybridized carbons (Fsp3) is 0.350. The van der Waals surface area contributed by atoms with Gasteiger partial charge in [-0.1, -0.05) is 0 Å². The molecule has 1 saturated heterocycles. The number of aryl methyl sites for hydroxylation is 1. The van der Waals surface area contributed by atoms with Gasteiger partial charge in [-0.2, -0.15) is 14.7 Å². The van der Waals surface area contributed by atoms with Gasteiger partial charge < -0.3 is 16.0 Å². The molecule has 0 aromatic carbocycles. The van der Waals surface area contributed by atoms with Crippen LogP contribution in [0.25, 0.3) is 16.8 Å². The molecule has 13 heteroatoms. The highest BCUT2D eigenvalue weighted by Gasteiger charge is 2.27. The van der Waals surface area contributed by atoms with Gasteiger partial charge in [0.05, 0.1) is 17.4 Å². The molecule has 5 heterocycles. The fourth-order valence-electron chi connectivity index (χ4n) is 4.18. The molecule has 1 unspecified atom stereocenters. The Kier molecular flexibility index (Phi) is 5.56. The lowest BCUT2D eigenvalue weighted by Gasteiger charge is -2.25. The fourth-order valence-corrected chi connectivity index (χ4v) is 6.62. The summed E-state index contributed by atoms with van der Waals surface area (Å²) in [6, 6.07) is 3.98. The molecule has 0 aliphatic carbocycles. The van der Waals surface area contributed by atoms with Crippen LogP contribution in [0.1, 0.15) is 18.4 Å². The second-order valence-corrected chi connectivity index (χ2v) is 11.1. The highest BCUT2D eigenvalue weighted by atomic mass is 32.2. The summed E-state index contributed by atoms with van der Waals surface area (Å²) in [6.45, 7) is 3.21. The monoisotopic (exact) mass is 487 g/mol. The number of nitrogens with two attached hydrogens (primary N) is 1. The van der Waals surface area contributed by atoms with Crippen LogP contribution in [0.15, 0.2) is 34.9 Å². The predicted octanol–water partition coefficient (Wildman–Crippen LogP) is 2.07. The van der Waals surface area contributed by atoms with Crippen LogP contribution in [0, 0.1) is 6.92 Å². The van der Waals surface area contributed by atoms with E-state index in [9.17, 15) is 8.42 Å². The van der Waals surface area contributed by atoms with E-state index in [0.717, 1.165) is 36.3 Å². The molecule has 11 nitrogen and oxygen atoms in total. The van der Waals surface area contributed by atoms with E-state index < -0.39 is 10.0 Å². The number of fused-ring (bicyclic) bond motifs is 1. The Labute approximate surface area is 195 Å². The molecular formula is C20H25N9O2S2. The van der Waals surface area contributed by atoms with Crippen molar-refractivity contribution in [2.75, 3.05) is 30.4 Å². The lowest BCUT2D eigenvalue weighted by atomic mass is 10.2. The maximum absolute atomic E-state index is 12.3. The van der Waals surface area contributed by atoms with Gasteiger partial charge in [0.15, 0.2) is 5.65 Å². The summed E-state index contributed by atoms with van der Waals surface area (Å²) in [5, 5.41) is 15.5. The normalized spacial score (nSPS) is 16.7. The molecular weight excluding hydrogens is 462 g/mol. The summed E-state index contributed by atoms with van der Waals surface area (Å²) in [5.74, 6) is 1.49. The van der Waals surface area contributed by atoms with Gasteiger partial charge in [0, 0.05) is 42.5 Å². The van der Waals surface area contributed by atoms with Gasteiger partial charge in [0.25, 0.3) is 0 Å². The summed E-state index contributed by atoms with van der Waals surface area (Å²) < 4.78 is 29.1. The van der Waals surface area contributed by atoms with E-state index in [0.29, 0.717) is 28.6 Å². The van der Waals surface area contributed by atoms with Gasteiger partial charge >= 0.3 is 0 Å². The number of aromatic nitrogens is 5. The number of thiophene rings is 1. The maximum Gasteiger partial charge on any atom is 0.250 e. The number of aromatic amines is 1. The smallest absolute Gasteiger partial charge is 0.250 e. The average Bonchev–Trinajstić information content (AvgIpc) is 3.58. The van der Waals surface area contributed by atoms with Crippen molar-refractivity contribution in [3.05, 3.63) is 36.3 Å². The Morgan fingerprint density at radius 1 is 1.33 bits per heavy atom. The molecule has 0 saturated carbocycles. The van der Waals surface area contributed by atoms with Crippen LogP contribution in [-0.2, 0) is 10.0 Å². The van der Waals surface area contributed by atoms with Crippen molar-refractivity contribution in [3.63, 3.8) is 0 Å². The molecule has 0 amide bonds. The Morgan fingerprint density at radius 3 is 2.91 bits per heavy atom. The molecule has 33 heavy (non-hydrogen) atoms. The Hall–Kier alpha value is -3.00. The first kappa shape index (κ1) is 21.8. The van der Waals surface area contributed by atoms with Crippen LogP contribution in [-0.4, -0.2) is 59.4 Å². The van der Waals surface area contributed by atoms with Crippen molar-refractivity contribution in [2.45, 2.75) is 30.0 Å². The van der Waals surface area contributed by atoms with E-state index in [-0.39, 0.29) is 10.3 Å². The highest BCUT2D eigenvalue weighted by molar-refractivity contribution is 7.91. The van der Waals surface area contributed by atoms with Crippen molar-refractivity contribution >= 4 is 43.6 Å². The van der Waals surface area contributed by atoms with Gasteiger partial charge in [-0.25, -0.2) is 18.1 Å². The lowest BCUT2D eigenvalue weighted by molar-refractivity contribution is 0.590. The number of hydrogen-bond acceptors (Lipinski definition) is 9. The first-order chi connectivity index (χ1) is 15.9. The Morgan fingerprint density at radius 2 is 2.18 bits per heavy atom. The number of nitrogens with zero attached hydrogens (tertiary/aromatic N) is 5. The molecule has 5 N–H and O–H groups in total. The van der Waals surface area contributed by atoms with Gasteiger partial charge in [-0.3, -0.25) is 5.10 Å². The number of hydrogen-bond donors (Lipinski definition) is 4. The predicted molar refractivity (Wildman–Crippen MR) is 129 cm³/mol. The molecule has 1 aliphatic rings. The second-order valence-electron chi connectivity index (χ2n) is 7.92. The molecule has 1 fully saturated rings. The van der Waals surface area contributed by atoms with Gasteiger partial charge in [-0.05, 0) is 38.4 Å². The van der Waals surface area contributed by atoms with Crippen LogP contribution in [0.4, 0.5) is 16.6 Å². The maximum atomic E-state index is 12.3. The Bertz CT molecular complexity index is 1390. The number of anilines is 3. The summed E-state index contributed by atoms with van der Waals surface area (Å²) in [5.41, 5.74) is 9.09. The number of nitrogens with one attached hydrogen (secondary N) is 3. The molecule has 5 rings (SSSR count). The molecule has 0 spiro atoms. The van der Waals surface area contributed by atoms with Crippen LogP contribution in [0.3, 0.4) is 0 Å². The minimum atomic E-state index is -3.54. The standard InChI is InChI=1S/C20H25N9O2S2/c1-12-6-18(32-20(12)33(30,31)22-2)26-17-7-16(28-5-3-4-14(28)8-21)27-19-15(11-25-29(17)19)13-9-23-24-10-13/h6-7,9-11,14,22,26H,3-5,8,21H2,1-2H3,(H,23,24). The molecule has 4 aromatic rings. The minimum absolute atomic E-state index is 0.226. The van der Waals surface area contributed by atoms with Crippen LogP contribution in [0.2, 0.25) is 0 Å². The third-order valence-corrected chi connectivity index (χ3v) is 9.05. The number of H-pyrrole nitrogens is 1. The van der Waals surface area contributed by atoms with Crippen molar-refractivity contribution < 1.29 is 8.42 Å². The molecule has 174 valence electrons. The molecule has 0 radical (unpaired) electrons. The van der Waals surface area contributed by atoms with E-state index >= 15 is 0 Å². The van der Waals surface area contributed by atoms with E-state index in [1.807, 2.05) is 12.1 Å². The third-order valence-electron chi connectivity index (χ3n) is 5.85. The summed E-state index contributed by atoms with van der Waals surface area (Å²) >= 11 is 1.17. The molecule has 1 aliphatic heterocycles. The van der Waals surface area contributed by atoms with Crippen LogP contribution >= 0.6 is 11.3 Å². The van der Waals surface area contributed by atoms with Crippen molar-refractivity contribution in [3.8, 4) is 11.1 Å².